The summed E-state index contributed by atoms with van der Waals surface area (Å²) in [4.78, 5) is 91.7. The number of hydrogen-bond acceptors (Lipinski definition) is 18. The Hall–Kier alpha value is -3.56. The number of carboxylic acid groups (broad SMARTS) is 2. The van der Waals surface area contributed by atoms with E-state index in [4.69, 9.17) is 49.7 Å². The van der Waals surface area contributed by atoms with Gasteiger partial charge in [-0.3, -0.25) is 46.9 Å². The number of allylic oxidation sites excluding steroid dienone is 4. The highest BCUT2D eigenvalue weighted by Crippen LogP contribution is 2.44. The highest BCUT2D eigenvalue weighted by molar-refractivity contribution is 7.47. The van der Waals surface area contributed by atoms with Crippen molar-refractivity contribution in [1.29, 1.82) is 0 Å². The average Bonchev–Trinajstić information content (AvgIpc) is 0.905. The van der Waals surface area contributed by atoms with E-state index in [1.807, 2.05) is 12.2 Å². The van der Waals surface area contributed by atoms with Crippen molar-refractivity contribution in [3.63, 3.8) is 0 Å². The van der Waals surface area contributed by atoms with Crippen LogP contribution in [-0.4, -0.2) is 120 Å². The highest BCUT2D eigenvalue weighted by atomic mass is 31.2. The van der Waals surface area contributed by atoms with E-state index in [-0.39, 0.29) is 38.9 Å². The Balaban J connectivity index is 0. The summed E-state index contributed by atoms with van der Waals surface area (Å²) in [6.45, 7) is 5.57. The lowest BCUT2D eigenvalue weighted by atomic mass is 10.0. The number of phosphoric acid groups is 2. The quantitative estimate of drug-likeness (QED) is 0.0108. The molecule has 0 saturated heterocycles. The van der Waals surface area contributed by atoms with Crippen molar-refractivity contribution in [1.82, 2.24) is 0 Å². The third kappa shape index (κ3) is 80.5. The molecule has 108 heavy (non-hydrogen) atoms. The first-order valence-electron chi connectivity index (χ1n) is 43.4. The van der Waals surface area contributed by atoms with Gasteiger partial charge < -0.3 is 50.4 Å². The SMILES string of the molecule is CCCCCCCCCCCCC/C=C\CCC(=O)OCC(COP(=O)(O)OCC(N)C(=O)O)OC(=O)CCCCCCCCCCCCCCCCC.CCCCCCCCCCCCCCC/C=C\CCC(=O)OC(COC(=O)CCCCCCCCCCCCCCC)COP(=O)(O)OCC(N)C(=O)O. The van der Waals surface area contributed by atoms with Gasteiger partial charge in [-0.25, -0.2) is 9.13 Å². The minimum Gasteiger partial charge on any atom is -0.480 e. The van der Waals surface area contributed by atoms with Gasteiger partial charge in [-0.05, 0) is 51.4 Å². The number of nitrogens with two attached hydrogens (primary N) is 2. The van der Waals surface area contributed by atoms with Crippen LogP contribution in [0.25, 0.3) is 0 Å². The molecule has 6 unspecified atom stereocenters. The van der Waals surface area contributed by atoms with Crippen LogP contribution in [0.2, 0.25) is 0 Å². The van der Waals surface area contributed by atoms with Crippen LogP contribution in [0.5, 0.6) is 0 Å². The maximum atomic E-state index is 12.6. The molecule has 0 fully saturated rings. The van der Waals surface area contributed by atoms with Crippen LogP contribution in [0.3, 0.4) is 0 Å². The van der Waals surface area contributed by atoms with Crippen molar-refractivity contribution in [2.45, 2.75) is 437 Å². The number of unbranched alkanes of at least 4 members (excludes halogenated alkanes) is 50. The van der Waals surface area contributed by atoms with Crippen LogP contribution < -0.4 is 11.5 Å². The monoisotopic (exact) mass is 1580 g/mol. The van der Waals surface area contributed by atoms with Crippen molar-refractivity contribution in [3.05, 3.63) is 24.3 Å². The lowest BCUT2D eigenvalue weighted by Crippen LogP contribution is -2.34. The van der Waals surface area contributed by atoms with E-state index in [1.54, 1.807) is 0 Å². The van der Waals surface area contributed by atoms with Gasteiger partial charge in [0.15, 0.2) is 12.2 Å². The van der Waals surface area contributed by atoms with Gasteiger partial charge in [0.05, 0.1) is 26.4 Å². The van der Waals surface area contributed by atoms with Gasteiger partial charge in [0.25, 0.3) is 0 Å². The number of rotatable bonds is 82. The van der Waals surface area contributed by atoms with Gasteiger partial charge in [-0.2, -0.15) is 0 Å². The number of carbonyl (C=O) groups excluding carboxylic acids is 4. The topological polar surface area (TPSA) is 343 Å². The Morgan fingerprint density at radius 1 is 0.278 bits per heavy atom. The molecule has 0 spiro atoms. The van der Waals surface area contributed by atoms with Crippen molar-refractivity contribution >= 4 is 51.5 Å². The smallest absolute Gasteiger partial charge is 0.472 e. The second kappa shape index (κ2) is 80.1. The largest absolute Gasteiger partial charge is 0.480 e. The Labute approximate surface area is 655 Å². The molecule has 0 saturated carbocycles. The van der Waals surface area contributed by atoms with E-state index in [0.717, 1.165) is 64.2 Å². The molecule has 24 heteroatoms. The standard InChI is InChI=1S/2C42H80NO10P/c1-3-5-7-9-11-13-15-17-18-19-20-22-24-26-28-30-32-34-41(45)53-38(36-51-54(48,49)52-37-39(43)42(46)47)35-50-40(44)33-31-29-27-25-23-21-16-14-12-10-8-6-4-2;1-3-5-7-9-11-13-15-17-19-21-23-25-27-29-31-33-40(44)50-35-38(36-51-54(48,49)52-37-39(43)42(46)47)53-41(45)34-32-30-28-26-24-22-20-18-16-14-12-10-8-6-4-2/h28,30,38-39H,3-27,29,31-37,43H2,1-2H3,(H,46,47)(H,48,49);27,29,38-39H,3-26,28,30-37,43H2,1-2H3,(H,46,47)(H,48,49)/b30-28-;29-27-. The predicted octanol–water partition coefficient (Wildman–Crippen LogP) is 22.6. The summed E-state index contributed by atoms with van der Waals surface area (Å²) in [7, 11) is -9.43. The fourth-order valence-corrected chi connectivity index (χ4v) is 13.7. The number of aliphatic carboxylic acids is 2. The molecule has 0 aliphatic heterocycles. The first-order valence-corrected chi connectivity index (χ1v) is 46.4. The van der Waals surface area contributed by atoms with Gasteiger partial charge in [-0.15, -0.1) is 0 Å². The number of carbonyl (C=O) groups is 6. The van der Waals surface area contributed by atoms with Crippen LogP contribution in [0, 0.1) is 0 Å². The average molecular weight is 1580 g/mol. The molecule has 0 bridgehead atoms. The summed E-state index contributed by atoms with van der Waals surface area (Å²) in [5.41, 5.74) is 10.7. The van der Waals surface area contributed by atoms with Gasteiger partial charge in [0.1, 0.15) is 25.3 Å². The Morgan fingerprint density at radius 3 is 0.750 bits per heavy atom. The summed E-state index contributed by atoms with van der Waals surface area (Å²) in [6, 6.07) is -3.04. The second-order valence-corrected chi connectivity index (χ2v) is 32.6. The molecule has 6 atom stereocenters. The van der Waals surface area contributed by atoms with Gasteiger partial charge in [-0.1, -0.05) is 360 Å². The molecule has 0 aromatic heterocycles. The second-order valence-electron chi connectivity index (χ2n) is 29.7. The fraction of sp³-hybridized carbons (Fsp3) is 0.881. The highest BCUT2D eigenvalue weighted by Gasteiger charge is 2.30. The van der Waals surface area contributed by atoms with E-state index >= 15 is 0 Å². The molecular weight excluding hydrogens is 1420 g/mol. The molecule has 22 nitrogen and oxygen atoms in total. The molecule has 0 heterocycles. The summed E-state index contributed by atoms with van der Waals surface area (Å²) >= 11 is 0. The zero-order valence-corrected chi connectivity index (χ0v) is 70.4. The van der Waals surface area contributed by atoms with E-state index in [2.05, 4.69) is 48.9 Å². The zero-order chi connectivity index (χ0) is 79.9. The molecule has 0 rings (SSSR count). The van der Waals surface area contributed by atoms with Gasteiger partial charge in [0, 0.05) is 25.7 Å². The molecule has 0 aliphatic carbocycles. The van der Waals surface area contributed by atoms with Crippen molar-refractivity contribution in [3.8, 4) is 0 Å². The minimum atomic E-state index is -4.72. The van der Waals surface area contributed by atoms with Crippen LogP contribution in [-0.2, 0) is 74.9 Å². The fourth-order valence-electron chi connectivity index (χ4n) is 12.2. The lowest BCUT2D eigenvalue weighted by Gasteiger charge is -2.20. The van der Waals surface area contributed by atoms with E-state index in [9.17, 15) is 47.7 Å². The van der Waals surface area contributed by atoms with Crippen LogP contribution in [0.4, 0.5) is 0 Å². The van der Waals surface area contributed by atoms with Crippen molar-refractivity contribution in [2.24, 2.45) is 11.5 Å². The zero-order valence-electron chi connectivity index (χ0n) is 68.7. The van der Waals surface area contributed by atoms with Crippen molar-refractivity contribution < 1.29 is 94.9 Å². The summed E-state index contributed by atoms with van der Waals surface area (Å²) in [6.07, 6.45) is 74.3. The molecule has 636 valence electrons. The number of hydrogen-bond donors (Lipinski definition) is 6. The first-order chi connectivity index (χ1) is 52.2. The van der Waals surface area contributed by atoms with Crippen LogP contribution >= 0.6 is 15.6 Å². The Kier molecular flexibility index (Phi) is 78.9. The third-order valence-electron chi connectivity index (χ3n) is 19.1. The summed E-state index contributed by atoms with van der Waals surface area (Å²) < 4.78 is 65.2. The van der Waals surface area contributed by atoms with E-state index in [1.165, 1.54) is 270 Å². The van der Waals surface area contributed by atoms with Crippen molar-refractivity contribution in [2.75, 3.05) is 39.6 Å². The summed E-state index contributed by atoms with van der Waals surface area (Å²) in [5, 5.41) is 17.8. The molecular formula is C84H160N2O20P2. The molecule has 0 radical (unpaired) electrons. The maximum absolute atomic E-state index is 12.6. The van der Waals surface area contributed by atoms with Gasteiger partial charge in [0.2, 0.25) is 0 Å². The van der Waals surface area contributed by atoms with Crippen LogP contribution in [0.15, 0.2) is 24.3 Å². The molecule has 0 aromatic rings. The predicted molar refractivity (Wildman–Crippen MR) is 434 cm³/mol. The number of phosphoric ester groups is 2. The molecule has 0 aliphatic rings. The Bertz CT molecular complexity index is 2260. The van der Waals surface area contributed by atoms with Crippen LogP contribution in [0.1, 0.15) is 413 Å². The maximum Gasteiger partial charge on any atom is 0.472 e. The normalized spacial score (nSPS) is 13.9. The summed E-state index contributed by atoms with van der Waals surface area (Å²) in [5.74, 6) is -4.85. The number of ether oxygens (including phenoxy) is 4. The Morgan fingerprint density at radius 2 is 0.481 bits per heavy atom. The van der Waals surface area contributed by atoms with E-state index in [0.29, 0.717) is 25.7 Å². The first kappa shape index (κ1) is 106. The molecule has 8 N–H and O–H groups in total. The third-order valence-corrected chi connectivity index (χ3v) is 21.0. The van der Waals surface area contributed by atoms with E-state index < -0.39 is 102 Å². The minimum absolute atomic E-state index is 0.0826. The van der Waals surface area contributed by atoms with Gasteiger partial charge >= 0.3 is 51.5 Å². The number of esters is 4. The number of carboxylic acids is 2. The molecule has 0 aromatic carbocycles. The molecule has 0 amide bonds. The lowest BCUT2D eigenvalue weighted by molar-refractivity contribution is -0.161.